The lowest BCUT2D eigenvalue weighted by molar-refractivity contribution is 0.298. The molecule has 0 aliphatic carbocycles. The molecular formula is C15H21N5O3. The highest BCUT2D eigenvalue weighted by molar-refractivity contribution is 5.42. The van der Waals surface area contributed by atoms with Gasteiger partial charge in [0.25, 0.3) is 0 Å². The third-order valence-electron chi connectivity index (χ3n) is 2.96. The van der Waals surface area contributed by atoms with Crippen LogP contribution in [0.2, 0.25) is 0 Å². The van der Waals surface area contributed by atoms with Crippen LogP contribution in [0.25, 0.3) is 0 Å². The Labute approximate surface area is 135 Å². The van der Waals surface area contributed by atoms with Gasteiger partial charge in [0.05, 0.1) is 20.3 Å². The number of nitrogens with one attached hydrogen (secondary N) is 1. The van der Waals surface area contributed by atoms with Crippen LogP contribution in [0.5, 0.6) is 17.2 Å². The van der Waals surface area contributed by atoms with Crippen molar-refractivity contribution >= 4 is 11.9 Å². The average Bonchev–Trinajstić information content (AvgIpc) is 2.51. The highest BCUT2D eigenvalue weighted by atomic mass is 16.5. The van der Waals surface area contributed by atoms with Gasteiger partial charge in [0.2, 0.25) is 11.9 Å². The van der Waals surface area contributed by atoms with Crippen molar-refractivity contribution in [3.8, 4) is 17.2 Å². The Morgan fingerprint density at radius 2 is 1.65 bits per heavy atom. The van der Waals surface area contributed by atoms with Crippen LogP contribution < -0.4 is 25.3 Å². The van der Waals surface area contributed by atoms with E-state index in [1.807, 2.05) is 6.92 Å². The number of nitrogens with two attached hydrogens (primary N) is 1. The summed E-state index contributed by atoms with van der Waals surface area (Å²) in [6.45, 7) is 4.11. The predicted molar refractivity (Wildman–Crippen MR) is 87.1 cm³/mol. The number of methoxy groups -OCH3 is 2. The number of rotatable bonds is 7. The van der Waals surface area contributed by atoms with Crippen LogP contribution >= 0.6 is 0 Å². The van der Waals surface area contributed by atoms with Crippen LogP contribution in [0.3, 0.4) is 0 Å². The van der Waals surface area contributed by atoms with E-state index >= 15 is 0 Å². The van der Waals surface area contributed by atoms with Crippen LogP contribution in [0.1, 0.15) is 12.7 Å². The van der Waals surface area contributed by atoms with E-state index in [0.29, 0.717) is 35.6 Å². The molecule has 0 saturated heterocycles. The van der Waals surface area contributed by atoms with Gasteiger partial charge < -0.3 is 25.3 Å². The second kappa shape index (κ2) is 7.48. The van der Waals surface area contributed by atoms with Gasteiger partial charge in [0, 0.05) is 18.2 Å². The normalized spacial score (nSPS) is 11.7. The average molecular weight is 319 g/mol. The Morgan fingerprint density at radius 3 is 2.22 bits per heavy atom. The fraction of sp³-hybridized carbons (Fsp3) is 0.400. The molecular weight excluding hydrogens is 298 g/mol. The zero-order valence-electron chi connectivity index (χ0n) is 13.7. The molecule has 1 heterocycles. The summed E-state index contributed by atoms with van der Waals surface area (Å²) in [5, 5.41) is 3.12. The molecule has 1 aromatic heterocycles. The maximum absolute atomic E-state index is 5.76. The minimum Gasteiger partial charge on any atom is -0.496 e. The van der Waals surface area contributed by atoms with Crippen molar-refractivity contribution in [2.45, 2.75) is 19.9 Å². The molecule has 2 rings (SSSR count). The number of aromatic nitrogens is 3. The van der Waals surface area contributed by atoms with E-state index in [1.165, 1.54) is 0 Å². The largest absolute Gasteiger partial charge is 0.496 e. The summed E-state index contributed by atoms with van der Waals surface area (Å²) in [6, 6.07) is 5.33. The number of nitrogen functional groups attached to an aromatic ring is 1. The van der Waals surface area contributed by atoms with Crippen molar-refractivity contribution in [2.75, 3.05) is 31.9 Å². The van der Waals surface area contributed by atoms with Gasteiger partial charge in [-0.05, 0) is 13.8 Å². The number of anilines is 2. The summed E-state index contributed by atoms with van der Waals surface area (Å²) in [4.78, 5) is 12.1. The van der Waals surface area contributed by atoms with Crippen molar-refractivity contribution in [1.29, 1.82) is 0 Å². The second-order valence-electron chi connectivity index (χ2n) is 4.97. The van der Waals surface area contributed by atoms with Crippen LogP contribution in [-0.4, -0.2) is 41.8 Å². The number of benzene rings is 1. The van der Waals surface area contributed by atoms with Crippen LogP contribution in [0.4, 0.5) is 11.9 Å². The molecule has 0 fully saturated rings. The van der Waals surface area contributed by atoms with Crippen LogP contribution in [0, 0.1) is 6.92 Å². The van der Waals surface area contributed by atoms with Gasteiger partial charge in [-0.25, -0.2) is 0 Å². The molecule has 8 nitrogen and oxygen atoms in total. The number of aryl methyl sites for hydroxylation is 1. The number of hydrogen-bond donors (Lipinski definition) is 2. The molecule has 1 unspecified atom stereocenters. The quantitative estimate of drug-likeness (QED) is 0.794. The Bertz CT molecular complexity index is 623. The van der Waals surface area contributed by atoms with E-state index in [9.17, 15) is 0 Å². The van der Waals surface area contributed by atoms with Crippen molar-refractivity contribution in [3.05, 3.63) is 24.0 Å². The summed E-state index contributed by atoms with van der Waals surface area (Å²) in [5.41, 5.74) is 5.60. The zero-order chi connectivity index (χ0) is 16.8. The number of hydrogen-bond acceptors (Lipinski definition) is 8. The molecule has 2 aromatic rings. The molecule has 1 atom stereocenters. The van der Waals surface area contributed by atoms with E-state index < -0.39 is 0 Å². The van der Waals surface area contributed by atoms with Gasteiger partial charge in [0.1, 0.15) is 29.7 Å². The minimum atomic E-state index is -0.0339. The third kappa shape index (κ3) is 4.87. The van der Waals surface area contributed by atoms with Gasteiger partial charge in [-0.3, -0.25) is 0 Å². The Hall–Kier alpha value is -2.77. The van der Waals surface area contributed by atoms with Crippen LogP contribution in [-0.2, 0) is 0 Å². The molecule has 0 aliphatic heterocycles. The fourth-order valence-corrected chi connectivity index (χ4v) is 1.92. The Balaban J connectivity index is 1.97. The van der Waals surface area contributed by atoms with E-state index in [1.54, 1.807) is 39.3 Å². The maximum atomic E-state index is 5.76. The number of nitrogens with zero attached hydrogens (tertiary/aromatic N) is 3. The molecule has 23 heavy (non-hydrogen) atoms. The predicted octanol–water partition coefficient (Wildman–Crippen LogP) is 1.66. The van der Waals surface area contributed by atoms with Gasteiger partial charge in [0.15, 0.2) is 0 Å². The summed E-state index contributed by atoms with van der Waals surface area (Å²) in [5.74, 6) is 3.16. The molecule has 0 bridgehead atoms. The minimum absolute atomic E-state index is 0.0339. The van der Waals surface area contributed by atoms with Crippen molar-refractivity contribution < 1.29 is 14.2 Å². The summed E-state index contributed by atoms with van der Waals surface area (Å²) in [7, 11) is 3.19. The van der Waals surface area contributed by atoms with Crippen molar-refractivity contribution in [2.24, 2.45) is 0 Å². The first kappa shape index (κ1) is 16.6. The first-order valence-corrected chi connectivity index (χ1v) is 7.10. The zero-order valence-corrected chi connectivity index (χ0v) is 13.7. The Morgan fingerprint density at radius 1 is 1.04 bits per heavy atom. The van der Waals surface area contributed by atoms with E-state index in [0.717, 1.165) is 0 Å². The molecule has 0 radical (unpaired) electrons. The van der Waals surface area contributed by atoms with E-state index in [4.69, 9.17) is 19.9 Å². The highest BCUT2D eigenvalue weighted by Crippen LogP contribution is 2.27. The first-order valence-electron chi connectivity index (χ1n) is 7.10. The van der Waals surface area contributed by atoms with Gasteiger partial charge in [-0.15, -0.1) is 0 Å². The topological polar surface area (TPSA) is 104 Å². The van der Waals surface area contributed by atoms with E-state index in [2.05, 4.69) is 20.3 Å². The molecule has 0 aliphatic rings. The Kier molecular flexibility index (Phi) is 5.40. The molecule has 0 amide bonds. The van der Waals surface area contributed by atoms with Gasteiger partial charge >= 0.3 is 0 Å². The molecule has 0 saturated carbocycles. The molecule has 8 heteroatoms. The fourth-order valence-electron chi connectivity index (χ4n) is 1.92. The summed E-state index contributed by atoms with van der Waals surface area (Å²) in [6.07, 6.45) is 0. The van der Waals surface area contributed by atoms with Gasteiger partial charge in [-0.2, -0.15) is 15.0 Å². The van der Waals surface area contributed by atoms with Crippen molar-refractivity contribution in [3.63, 3.8) is 0 Å². The SMILES string of the molecule is COc1cc(OC)cc(OCC(C)Nc2nc(C)nc(N)n2)c1. The molecule has 124 valence electrons. The molecule has 0 spiro atoms. The lowest BCUT2D eigenvalue weighted by Gasteiger charge is -2.16. The standard InChI is InChI=1S/C15H21N5O3/c1-9(17-15-19-10(2)18-14(16)20-15)8-23-13-6-11(21-3)5-12(7-13)22-4/h5-7,9H,8H2,1-4H3,(H3,16,17,18,19,20). The van der Waals surface area contributed by atoms with E-state index in [-0.39, 0.29) is 12.0 Å². The maximum Gasteiger partial charge on any atom is 0.228 e. The number of ether oxygens (including phenoxy) is 3. The molecule has 3 N–H and O–H groups in total. The van der Waals surface area contributed by atoms with Crippen LogP contribution in [0.15, 0.2) is 18.2 Å². The highest BCUT2D eigenvalue weighted by Gasteiger charge is 2.09. The summed E-state index contributed by atoms with van der Waals surface area (Å²) >= 11 is 0. The smallest absolute Gasteiger partial charge is 0.228 e. The first-order chi connectivity index (χ1) is 11.0. The monoisotopic (exact) mass is 319 g/mol. The van der Waals surface area contributed by atoms with Crippen molar-refractivity contribution in [1.82, 2.24) is 15.0 Å². The lowest BCUT2D eigenvalue weighted by atomic mass is 10.3. The summed E-state index contributed by atoms with van der Waals surface area (Å²) < 4.78 is 16.2. The third-order valence-corrected chi connectivity index (χ3v) is 2.96. The molecule has 1 aromatic carbocycles. The lowest BCUT2D eigenvalue weighted by Crippen LogP contribution is -2.25. The second-order valence-corrected chi connectivity index (χ2v) is 4.97. The van der Waals surface area contributed by atoms with Gasteiger partial charge in [-0.1, -0.05) is 0 Å².